The van der Waals surface area contributed by atoms with E-state index in [2.05, 4.69) is 12.2 Å². The lowest BCUT2D eigenvalue weighted by Crippen LogP contribution is -2.16. The number of amides is 1. The number of alkyl halides is 3. The number of nitrogen functional groups attached to an aromatic ring is 1. The van der Waals surface area contributed by atoms with Crippen molar-refractivity contribution in [2.45, 2.75) is 38.8 Å². The van der Waals surface area contributed by atoms with E-state index in [0.717, 1.165) is 54.3 Å². The number of carbonyl (C=O) groups excluding carboxylic acids is 1. The number of rotatable bonds is 3. The first-order valence-corrected chi connectivity index (χ1v) is 10.3. The third kappa shape index (κ3) is 3.69. The van der Waals surface area contributed by atoms with Gasteiger partial charge in [-0.25, -0.2) is 4.98 Å². The molecule has 1 aliphatic rings. The summed E-state index contributed by atoms with van der Waals surface area (Å²) in [5.74, 6) is -0.0464. The van der Waals surface area contributed by atoms with Crippen LogP contribution in [0.3, 0.4) is 0 Å². The van der Waals surface area contributed by atoms with Gasteiger partial charge in [-0.2, -0.15) is 13.2 Å². The number of fused-ring (bicyclic) bond motifs is 2. The number of pyridine rings is 1. The number of hydrogen-bond acceptors (Lipinski definition) is 4. The monoisotopic (exact) mass is 419 g/mol. The molecule has 1 aromatic carbocycles. The highest BCUT2D eigenvalue weighted by Crippen LogP contribution is 2.38. The Morgan fingerprint density at radius 1 is 1.34 bits per heavy atom. The zero-order valence-electron chi connectivity index (χ0n) is 15.8. The zero-order chi connectivity index (χ0) is 20.8. The summed E-state index contributed by atoms with van der Waals surface area (Å²) in [5.41, 5.74) is 7.46. The number of aryl methyl sites for hydroxylation is 1. The number of halogens is 3. The third-order valence-corrected chi connectivity index (χ3v) is 6.57. The van der Waals surface area contributed by atoms with Crippen LogP contribution in [0.5, 0.6) is 0 Å². The smallest absolute Gasteiger partial charge is 0.397 e. The van der Waals surface area contributed by atoms with Crippen molar-refractivity contribution < 1.29 is 18.0 Å². The summed E-state index contributed by atoms with van der Waals surface area (Å²) >= 11 is 1.11. The van der Waals surface area contributed by atoms with Gasteiger partial charge >= 0.3 is 6.18 Å². The summed E-state index contributed by atoms with van der Waals surface area (Å²) in [7, 11) is 0. The third-order valence-electron chi connectivity index (χ3n) is 5.45. The fourth-order valence-corrected chi connectivity index (χ4v) is 4.79. The molecule has 3 aromatic rings. The molecule has 4 nitrogen and oxygen atoms in total. The van der Waals surface area contributed by atoms with Crippen LogP contribution in [0, 0.1) is 5.92 Å². The van der Waals surface area contributed by atoms with Crippen molar-refractivity contribution in [2.24, 2.45) is 5.92 Å². The number of aromatic nitrogens is 1. The van der Waals surface area contributed by atoms with Gasteiger partial charge in [0.2, 0.25) is 0 Å². The van der Waals surface area contributed by atoms with E-state index in [0.29, 0.717) is 16.1 Å². The average molecular weight is 419 g/mol. The van der Waals surface area contributed by atoms with Crippen LogP contribution in [-0.4, -0.2) is 10.9 Å². The molecule has 0 fully saturated rings. The van der Waals surface area contributed by atoms with Crippen molar-refractivity contribution in [2.75, 3.05) is 11.1 Å². The van der Waals surface area contributed by atoms with E-state index < -0.39 is 17.6 Å². The van der Waals surface area contributed by atoms with Crippen LogP contribution in [0.15, 0.2) is 30.3 Å². The van der Waals surface area contributed by atoms with Crippen molar-refractivity contribution in [3.05, 3.63) is 52.0 Å². The van der Waals surface area contributed by atoms with Crippen molar-refractivity contribution in [1.82, 2.24) is 4.98 Å². The number of hydrogen-bond donors (Lipinski definition) is 2. The molecule has 1 atom stereocenters. The van der Waals surface area contributed by atoms with Crippen molar-refractivity contribution >= 4 is 38.8 Å². The van der Waals surface area contributed by atoms with Crippen LogP contribution < -0.4 is 11.1 Å². The Hall–Kier alpha value is -2.61. The van der Waals surface area contributed by atoms with E-state index in [-0.39, 0.29) is 16.3 Å². The lowest BCUT2D eigenvalue weighted by Gasteiger charge is -2.22. The van der Waals surface area contributed by atoms with Gasteiger partial charge in [-0.15, -0.1) is 11.3 Å². The first-order valence-electron chi connectivity index (χ1n) is 9.46. The van der Waals surface area contributed by atoms with Crippen LogP contribution >= 0.6 is 11.3 Å². The molecule has 8 heteroatoms. The molecule has 0 saturated carbocycles. The molecule has 0 radical (unpaired) electrons. The number of nitrogens with zero attached hydrogens (tertiary/aromatic N) is 1. The molecule has 0 bridgehead atoms. The Bertz CT molecular complexity index is 1090. The molecular weight excluding hydrogens is 399 g/mol. The molecular formula is C21H20F3N3OS. The van der Waals surface area contributed by atoms with E-state index in [4.69, 9.17) is 10.7 Å². The van der Waals surface area contributed by atoms with Gasteiger partial charge in [0.25, 0.3) is 5.91 Å². The Labute approximate surface area is 169 Å². The summed E-state index contributed by atoms with van der Waals surface area (Å²) in [4.78, 5) is 18.2. The standard InChI is InChI=1S/C21H20F3N3OS/c1-2-11-7-8-15-12(9-11)10-13-17(25)18(29-20(13)27-15)19(28)26-16-6-4-3-5-14(16)21(22,23)24/h3-6,10-11H,2,7-9,25H2,1H3,(H,26,28). The maximum Gasteiger partial charge on any atom is 0.418 e. The van der Waals surface area contributed by atoms with Crippen LogP contribution in [0.2, 0.25) is 0 Å². The molecule has 1 unspecified atom stereocenters. The number of nitrogens with two attached hydrogens (primary N) is 1. The molecule has 29 heavy (non-hydrogen) atoms. The Morgan fingerprint density at radius 3 is 2.83 bits per heavy atom. The number of anilines is 2. The molecule has 4 rings (SSSR count). The van der Waals surface area contributed by atoms with E-state index in [9.17, 15) is 18.0 Å². The number of thiophene rings is 1. The van der Waals surface area contributed by atoms with Gasteiger partial charge in [-0.1, -0.05) is 25.5 Å². The lowest BCUT2D eigenvalue weighted by atomic mass is 9.85. The minimum absolute atomic E-state index is 0.180. The fraction of sp³-hybridized carbons (Fsp3) is 0.333. The van der Waals surface area contributed by atoms with Crippen LogP contribution in [0.25, 0.3) is 10.2 Å². The molecule has 3 N–H and O–H groups in total. The number of para-hydroxylation sites is 1. The fourth-order valence-electron chi connectivity index (χ4n) is 3.80. The van der Waals surface area contributed by atoms with Gasteiger partial charge < -0.3 is 11.1 Å². The van der Waals surface area contributed by atoms with Gasteiger partial charge in [-0.05, 0) is 48.9 Å². The molecule has 1 amide bonds. The second kappa shape index (κ2) is 7.33. The van der Waals surface area contributed by atoms with Gasteiger partial charge in [0.05, 0.1) is 16.9 Å². The zero-order valence-corrected chi connectivity index (χ0v) is 16.6. The van der Waals surface area contributed by atoms with Crippen molar-refractivity contribution in [1.29, 1.82) is 0 Å². The second-order valence-corrected chi connectivity index (χ2v) is 8.31. The van der Waals surface area contributed by atoms with Gasteiger partial charge in [0, 0.05) is 11.1 Å². The summed E-state index contributed by atoms with van der Waals surface area (Å²) in [6.07, 6.45) is -0.550. The highest BCUT2D eigenvalue weighted by molar-refractivity contribution is 7.21. The number of nitrogens with one attached hydrogen (secondary N) is 1. The van der Waals surface area contributed by atoms with E-state index in [1.807, 2.05) is 6.07 Å². The highest BCUT2D eigenvalue weighted by atomic mass is 32.1. The molecule has 152 valence electrons. The molecule has 0 spiro atoms. The van der Waals surface area contributed by atoms with Crippen LogP contribution in [-0.2, 0) is 19.0 Å². The maximum atomic E-state index is 13.2. The van der Waals surface area contributed by atoms with Gasteiger partial charge in [0.1, 0.15) is 9.71 Å². The minimum Gasteiger partial charge on any atom is -0.397 e. The number of carbonyl (C=O) groups is 1. The predicted molar refractivity (Wildman–Crippen MR) is 109 cm³/mol. The Morgan fingerprint density at radius 2 is 2.10 bits per heavy atom. The Balaban J connectivity index is 1.68. The quantitative estimate of drug-likeness (QED) is 0.575. The molecule has 2 aromatic heterocycles. The van der Waals surface area contributed by atoms with E-state index >= 15 is 0 Å². The normalized spacial score (nSPS) is 16.6. The molecule has 0 saturated heterocycles. The summed E-state index contributed by atoms with van der Waals surface area (Å²) in [5, 5.41) is 3.06. The minimum atomic E-state index is -4.56. The topological polar surface area (TPSA) is 68.0 Å². The number of benzene rings is 1. The largest absolute Gasteiger partial charge is 0.418 e. The summed E-state index contributed by atoms with van der Waals surface area (Å²) in [6.45, 7) is 2.17. The molecule has 2 heterocycles. The first kappa shape index (κ1) is 19.7. The summed E-state index contributed by atoms with van der Waals surface area (Å²) < 4.78 is 39.6. The van der Waals surface area contributed by atoms with Crippen LogP contribution in [0.1, 0.15) is 46.3 Å². The lowest BCUT2D eigenvalue weighted by molar-refractivity contribution is -0.136. The maximum absolute atomic E-state index is 13.2. The van der Waals surface area contributed by atoms with Crippen LogP contribution in [0.4, 0.5) is 24.5 Å². The van der Waals surface area contributed by atoms with Crippen molar-refractivity contribution in [3.8, 4) is 0 Å². The van der Waals surface area contributed by atoms with Gasteiger partial charge in [-0.3, -0.25) is 4.79 Å². The molecule has 1 aliphatic carbocycles. The van der Waals surface area contributed by atoms with Crippen molar-refractivity contribution in [3.63, 3.8) is 0 Å². The highest BCUT2D eigenvalue weighted by Gasteiger charge is 2.34. The second-order valence-electron chi connectivity index (χ2n) is 7.31. The van der Waals surface area contributed by atoms with Gasteiger partial charge in [0.15, 0.2) is 0 Å². The predicted octanol–water partition coefficient (Wildman–Crippen LogP) is 5.66. The SMILES string of the molecule is CCC1CCc2nc3sc(C(=O)Nc4ccccc4C(F)(F)F)c(N)c3cc2C1. The molecule has 0 aliphatic heterocycles. The van der Waals surface area contributed by atoms with E-state index in [1.54, 1.807) is 0 Å². The first-order chi connectivity index (χ1) is 13.8. The Kier molecular flexibility index (Phi) is 4.98. The average Bonchev–Trinajstić information content (AvgIpc) is 3.01. The summed E-state index contributed by atoms with van der Waals surface area (Å²) in [6, 6.07) is 6.88. The van der Waals surface area contributed by atoms with E-state index in [1.165, 1.54) is 18.2 Å².